The maximum absolute atomic E-state index is 14.0. The second kappa shape index (κ2) is 12.3. The van der Waals surface area contributed by atoms with E-state index in [0.717, 1.165) is 30.5 Å². The average molecular weight is 520 g/mol. The summed E-state index contributed by atoms with van der Waals surface area (Å²) in [5.74, 6) is -1.61. The number of hydrogen-bond donors (Lipinski definition) is 1. The minimum Gasteiger partial charge on any atom is -0.493 e. The van der Waals surface area contributed by atoms with E-state index in [1.807, 2.05) is 13.8 Å². The van der Waals surface area contributed by atoms with Crippen LogP contribution in [0.5, 0.6) is 11.5 Å². The van der Waals surface area contributed by atoms with E-state index in [2.05, 4.69) is 5.32 Å². The predicted octanol–water partition coefficient (Wildman–Crippen LogP) is 8.27. The van der Waals surface area contributed by atoms with Crippen LogP contribution in [0.2, 0.25) is 0 Å². The summed E-state index contributed by atoms with van der Waals surface area (Å²) in [7, 11) is 0. The van der Waals surface area contributed by atoms with Gasteiger partial charge in [0.15, 0.2) is 11.6 Å². The monoisotopic (exact) mass is 519 g/mol. The first-order chi connectivity index (χ1) is 18.4. The molecular weight excluding hydrogens is 491 g/mol. The summed E-state index contributed by atoms with van der Waals surface area (Å²) < 4.78 is 52.7. The van der Waals surface area contributed by atoms with E-state index in [4.69, 9.17) is 9.47 Å². The molecule has 0 bridgehead atoms. The van der Waals surface area contributed by atoms with Crippen molar-refractivity contribution in [2.45, 2.75) is 26.7 Å². The van der Waals surface area contributed by atoms with Gasteiger partial charge in [0.25, 0.3) is 5.91 Å². The Balaban J connectivity index is 1.66. The Morgan fingerprint density at radius 1 is 0.684 bits per heavy atom. The summed E-state index contributed by atoms with van der Waals surface area (Å²) in [4.78, 5) is 13.2. The van der Waals surface area contributed by atoms with Gasteiger partial charge in [0.2, 0.25) is 0 Å². The third-order valence-electron chi connectivity index (χ3n) is 5.79. The number of hydrogen-bond acceptors (Lipinski definition) is 3. The van der Waals surface area contributed by atoms with Crippen LogP contribution < -0.4 is 14.8 Å². The summed E-state index contributed by atoms with van der Waals surface area (Å²) in [5, 5.41) is 2.88. The summed E-state index contributed by atoms with van der Waals surface area (Å²) in [6.45, 7) is 4.90. The topological polar surface area (TPSA) is 47.6 Å². The van der Waals surface area contributed by atoms with E-state index in [9.17, 15) is 18.0 Å². The van der Waals surface area contributed by atoms with Gasteiger partial charge in [0, 0.05) is 22.4 Å². The lowest BCUT2D eigenvalue weighted by Crippen LogP contribution is -2.12. The number of benzene rings is 4. The first kappa shape index (κ1) is 26.8. The Kier molecular flexibility index (Phi) is 8.69. The molecule has 0 saturated carbocycles. The summed E-state index contributed by atoms with van der Waals surface area (Å²) in [6, 6.07) is 19.7. The van der Waals surface area contributed by atoms with Gasteiger partial charge < -0.3 is 14.8 Å². The standard InChI is InChI=1S/C31H28F3NO3/c1-3-15-37-29-13-8-22(17-25(29)21-7-12-27(33)28(34)18-21)31(36)35-24-11-14-30(38-16-4-2)26(19-24)20-5-9-23(32)10-6-20/h5-14,17-19H,3-4,15-16H2,1-2H3,(H,35,36). The van der Waals surface area contributed by atoms with Gasteiger partial charge in [0.05, 0.1) is 13.2 Å². The second-order valence-corrected chi connectivity index (χ2v) is 8.71. The third kappa shape index (κ3) is 6.35. The van der Waals surface area contributed by atoms with Crippen molar-refractivity contribution in [3.63, 3.8) is 0 Å². The number of anilines is 1. The predicted molar refractivity (Wildman–Crippen MR) is 143 cm³/mol. The summed E-state index contributed by atoms with van der Waals surface area (Å²) in [5.41, 5.74) is 3.14. The Morgan fingerprint density at radius 3 is 1.92 bits per heavy atom. The fraction of sp³-hybridized carbons (Fsp3) is 0.194. The molecule has 0 saturated heterocycles. The zero-order valence-electron chi connectivity index (χ0n) is 21.2. The minimum atomic E-state index is -0.988. The number of carbonyl (C=O) groups is 1. The van der Waals surface area contributed by atoms with Gasteiger partial charge in [-0.05, 0) is 84.6 Å². The van der Waals surface area contributed by atoms with Crippen LogP contribution >= 0.6 is 0 Å². The maximum Gasteiger partial charge on any atom is 0.255 e. The Labute approximate surface area is 220 Å². The number of halogens is 3. The van der Waals surface area contributed by atoms with Crippen LogP contribution in [0.15, 0.2) is 78.9 Å². The highest BCUT2D eigenvalue weighted by Gasteiger charge is 2.16. The highest BCUT2D eigenvalue weighted by atomic mass is 19.2. The van der Waals surface area contributed by atoms with E-state index in [1.165, 1.54) is 18.2 Å². The molecule has 1 N–H and O–H groups in total. The summed E-state index contributed by atoms with van der Waals surface area (Å²) >= 11 is 0. The van der Waals surface area contributed by atoms with Crippen molar-refractivity contribution < 1.29 is 27.4 Å². The normalized spacial score (nSPS) is 10.8. The summed E-state index contributed by atoms with van der Waals surface area (Å²) in [6.07, 6.45) is 1.58. The highest BCUT2D eigenvalue weighted by Crippen LogP contribution is 2.35. The molecule has 38 heavy (non-hydrogen) atoms. The SMILES string of the molecule is CCCOc1ccc(NC(=O)c2ccc(OCCC)c(-c3ccc(F)c(F)c3)c2)cc1-c1ccc(F)cc1. The van der Waals surface area contributed by atoms with Gasteiger partial charge in [-0.3, -0.25) is 4.79 Å². The molecular formula is C31H28F3NO3. The van der Waals surface area contributed by atoms with Gasteiger partial charge in [0.1, 0.15) is 17.3 Å². The minimum absolute atomic E-state index is 0.309. The van der Waals surface area contributed by atoms with Crippen molar-refractivity contribution in [3.05, 3.63) is 102 Å². The smallest absolute Gasteiger partial charge is 0.255 e. The Bertz CT molecular complexity index is 1420. The molecule has 196 valence electrons. The van der Waals surface area contributed by atoms with Crippen LogP contribution in [0.1, 0.15) is 37.0 Å². The largest absolute Gasteiger partial charge is 0.493 e. The van der Waals surface area contributed by atoms with Crippen LogP contribution in [0.25, 0.3) is 22.3 Å². The molecule has 4 aromatic rings. The Hall–Kier alpha value is -4.26. The van der Waals surface area contributed by atoms with Gasteiger partial charge in [-0.2, -0.15) is 0 Å². The van der Waals surface area contributed by atoms with E-state index < -0.39 is 17.5 Å². The Morgan fingerprint density at radius 2 is 1.29 bits per heavy atom. The molecule has 1 amide bonds. The molecule has 0 unspecified atom stereocenters. The zero-order valence-corrected chi connectivity index (χ0v) is 21.2. The van der Waals surface area contributed by atoms with Gasteiger partial charge in [-0.15, -0.1) is 0 Å². The van der Waals surface area contributed by atoms with Crippen molar-refractivity contribution in [3.8, 4) is 33.8 Å². The van der Waals surface area contributed by atoms with Crippen molar-refractivity contribution in [2.75, 3.05) is 18.5 Å². The number of carbonyl (C=O) groups excluding carboxylic acids is 1. The fourth-order valence-electron chi connectivity index (χ4n) is 3.90. The average Bonchev–Trinajstić information content (AvgIpc) is 2.93. The molecule has 0 aliphatic carbocycles. The lowest BCUT2D eigenvalue weighted by atomic mass is 10.0. The van der Waals surface area contributed by atoms with Gasteiger partial charge >= 0.3 is 0 Å². The molecule has 0 heterocycles. The van der Waals surface area contributed by atoms with E-state index in [1.54, 1.807) is 48.5 Å². The van der Waals surface area contributed by atoms with Crippen LogP contribution in [0.3, 0.4) is 0 Å². The molecule has 4 aromatic carbocycles. The van der Waals surface area contributed by atoms with Crippen molar-refractivity contribution in [1.29, 1.82) is 0 Å². The molecule has 7 heteroatoms. The fourth-order valence-corrected chi connectivity index (χ4v) is 3.90. The van der Waals surface area contributed by atoms with Crippen LogP contribution in [0, 0.1) is 17.5 Å². The lowest BCUT2D eigenvalue weighted by molar-refractivity contribution is 0.102. The molecule has 4 nitrogen and oxygen atoms in total. The van der Waals surface area contributed by atoms with Crippen molar-refractivity contribution >= 4 is 11.6 Å². The molecule has 0 aliphatic heterocycles. The molecule has 0 aromatic heterocycles. The van der Waals surface area contributed by atoms with E-state index in [-0.39, 0.29) is 5.82 Å². The number of amides is 1. The maximum atomic E-state index is 14.0. The van der Waals surface area contributed by atoms with Crippen LogP contribution in [0.4, 0.5) is 18.9 Å². The van der Waals surface area contributed by atoms with Gasteiger partial charge in [-0.1, -0.05) is 32.0 Å². The molecule has 0 spiro atoms. The molecule has 0 fully saturated rings. The van der Waals surface area contributed by atoms with Crippen LogP contribution in [-0.2, 0) is 0 Å². The molecule has 4 rings (SSSR count). The van der Waals surface area contributed by atoms with Crippen molar-refractivity contribution in [1.82, 2.24) is 0 Å². The van der Waals surface area contributed by atoms with Gasteiger partial charge in [-0.25, -0.2) is 13.2 Å². The van der Waals surface area contributed by atoms with E-state index in [0.29, 0.717) is 52.7 Å². The number of ether oxygens (including phenoxy) is 2. The quantitative estimate of drug-likeness (QED) is 0.229. The van der Waals surface area contributed by atoms with Crippen molar-refractivity contribution in [2.24, 2.45) is 0 Å². The number of nitrogens with one attached hydrogen (secondary N) is 1. The number of rotatable bonds is 10. The van der Waals surface area contributed by atoms with E-state index >= 15 is 0 Å². The second-order valence-electron chi connectivity index (χ2n) is 8.71. The molecule has 0 radical (unpaired) electrons. The molecule has 0 aliphatic rings. The first-order valence-corrected chi connectivity index (χ1v) is 12.5. The highest BCUT2D eigenvalue weighted by molar-refractivity contribution is 6.05. The third-order valence-corrected chi connectivity index (χ3v) is 5.79. The lowest BCUT2D eigenvalue weighted by Gasteiger charge is -2.15. The molecule has 0 atom stereocenters. The zero-order chi connectivity index (χ0) is 27.1. The first-order valence-electron chi connectivity index (χ1n) is 12.5. The van der Waals surface area contributed by atoms with Crippen LogP contribution in [-0.4, -0.2) is 19.1 Å².